The van der Waals surface area contributed by atoms with Crippen molar-refractivity contribution in [3.8, 4) is 0 Å². The molecule has 2 rings (SSSR count). The number of thiophene rings is 1. The van der Waals surface area contributed by atoms with Crippen LogP contribution in [0.15, 0.2) is 11.4 Å². The normalized spacial score (nSPS) is 10.8. The van der Waals surface area contributed by atoms with E-state index in [-0.39, 0.29) is 0 Å². The van der Waals surface area contributed by atoms with Gasteiger partial charge in [-0.25, -0.2) is 0 Å². The lowest BCUT2D eigenvalue weighted by molar-refractivity contribution is 1.07. The highest BCUT2D eigenvalue weighted by molar-refractivity contribution is 7.16. The van der Waals surface area contributed by atoms with Crippen LogP contribution in [0.4, 0.5) is 0 Å². The molecule has 2 aromatic heterocycles. The minimum absolute atomic E-state index is 1.10. The molecule has 0 saturated heterocycles. The lowest BCUT2D eigenvalue weighted by Crippen LogP contribution is -1.67. The van der Waals surface area contributed by atoms with Crippen LogP contribution >= 0.6 is 11.3 Å². The van der Waals surface area contributed by atoms with Crippen molar-refractivity contribution in [2.75, 3.05) is 0 Å². The van der Waals surface area contributed by atoms with Gasteiger partial charge in [0.2, 0.25) is 0 Å². The van der Waals surface area contributed by atoms with E-state index in [0.29, 0.717) is 0 Å². The molecule has 3 heteroatoms. The number of fused-ring (bicyclic) bond motifs is 1. The number of hydrogen-bond donors (Lipinski definition) is 1. The minimum Gasteiger partial charge on any atom is -0.281 e. The molecule has 46 valence electrons. The van der Waals surface area contributed by atoms with E-state index in [1.54, 1.807) is 11.3 Å². The maximum atomic E-state index is 4.07. The lowest BCUT2D eigenvalue weighted by atomic mass is 10.3. The van der Waals surface area contributed by atoms with Gasteiger partial charge in [-0.2, -0.15) is 5.10 Å². The maximum absolute atomic E-state index is 4.07. The van der Waals surface area contributed by atoms with Crippen LogP contribution in [0.3, 0.4) is 0 Å². The summed E-state index contributed by atoms with van der Waals surface area (Å²) >= 11 is 1.67. The lowest BCUT2D eigenvalue weighted by Gasteiger charge is -1.75. The summed E-state index contributed by atoms with van der Waals surface area (Å²) in [5, 5.41) is 10.3. The van der Waals surface area contributed by atoms with Crippen molar-refractivity contribution in [3.63, 3.8) is 0 Å². The first-order valence-electron chi connectivity index (χ1n) is 2.76. The van der Waals surface area contributed by atoms with Gasteiger partial charge >= 0.3 is 0 Å². The molecule has 1 N–H and O–H groups in total. The Balaban J connectivity index is 2.99. The van der Waals surface area contributed by atoms with Crippen molar-refractivity contribution < 1.29 is 0 Å². The fourth-order valence-electron chi connectivity index (χ4n) is 0.868. The SMILES string of the molecule is Cc1[nH]nc2sccc12. The summed E-state index contributed by atoms with van der Waals surface area (Å²) in [4.78, 5) is 1.10. The summed E-state index contributed by atoms with van der Waals surface area (Å²) in [6.45, 7) is 2.03. The molecule has 0 aromatic carbocycles. The zero-order valence-corrected chi connectivity index (χ0v) is 5.83. The van der Waals surface area contributed by atoms with Crippen LogP contribution in [-0.4, -0.2) is 10.2 Å². The van der Waals surface area contributed by atoms with E-state index < -0.39 is 0 Å². The fourth-order valence-corrected chi connectivity index (χ4v) is 1.65. The van der Waals surface area contributed by atoms with Gasteiger partial charge in [0.25, 0.3) is 0 Å². The number of hydrogen-bond acceptors (Lipinski definition) is 2. The van der Waals surface area contributed by atoms with Gasteiger partial charge < -0.3 is 0 Å². The van der Waals surface area contributed by atoms with E-state index in [2.05, 4.69) is 21.6 Å². The molecule has 0 atom stereocenters. The summed E-state index contributed by atoms with van der Waals surface area (Å²) in [6, 6.07) is 2.08. The molecule has 0 unspecified atom stereocenters. The summed E-state index contributed by atoms with van der Waals surface area (Å²) in [5.74, 6) is 0. The monoisotopic (exact) mass is 138 g/mol. The van der Waals surface area contributed by atoms with Gasteiger partial charge in [0, 0.05) is 11.1 Å². The molecule has 0 spiro atoms. The standard InChI is InChI=1S/C6H6N2S/c1-4-5-2-3-9-6(5)8-7-4/h2-3H,1H3,(H,7,8). The Morgan fingerprint density at radius 3 is 3.33 bits per heavy atom. The van der Waals surface area contributed by atoms with Gasteiger partial charge in [-0.15, -0.1) is 11.3 Å². The topological polar surface area (TPSA) is 28.7 Å². The van der Waals surface area contributed by atoms with Crippen LogP contribution in [0.1, 0.15) is 5.69 Å². The Morgan fingerprint density at radius 1 is 1.67 bits per heavy atom. The Bertz CT molecular complexity index is 320. The van der Waals surface area contributed by atoms with Gasteiger partial charge in [-0.1, -0.05) is 0 Å². The number of nitrogens with zero attached hydrogens (tertiary/aromatic N) is 1. The zero-order valence-electron chi connectivity index (χ0n) is 5.01. The van der Waals surface area contributed by atoms with Gasteiger partial charge in [-0.3, -0.25) is 5.10 Å². The van der Waals surface area contributed by atoms with E-state index in [9.17, 15) is 0 Å². The second-order valence-electron chi connectivity index (χ2n) is 1.99. The first-order chi connectivity index (χ1) is 4.38. The van der Waals surface area contributed by atoms with Crippen molar-refractivity contribution >= 4 is 21.6 Å². The van der Waals surface area contributed by atoms with Gasteiger partial charge in [-0.05, 0) is 18.4 Å². The number of rotatable bonds is 0. The van der Waals surface area contributed by atoms with Crippen molar-refractivity contribution in [1.29, 1.82) is 0 Å². The Kier molecular flexibility index (Phi) is 0.873. The summed E-state index contributed by atoms with van der Waals surface area (Å²) in [6.07, 6.45) is 0. The van der Waals surface area contributed by atoms with Crippen molar-refractivity contribution in [2.45, 2.75) is 6.92 Å². The molecule has 0 aliphatic heterocycles. The fraction of sp³-hybridized carbons (Fsp3) is 0.167. The first-order valence-corrected chi connectivity index (χ1v) is 3.64. The molecule has 0 aliphatic rings. The van der Waals surface area contributed by atoms with Crippen molar-refractivity contribution in [3.05, 3.63) is 17.1 Å². The zero-order chi connectivity index (χ0) is 6.27. The van der Waals surface area contributed by atoms with Gasteiger partial charge in [0.05, 0.1) is 0 Å². The molecule has 0 aliphatic carbocycles. The number of nitrogens with one attached hydrogen (secondary N) is 1. The third kappa shape index (κ3) is 0.580. The third-order valence-electron chi connectivity index (χ3n) is 1.37. The highest BCUT2D eigenvalue weighted by Crippen LogP contribution is 2.19. The Morgan fingerprint density at radius 2 is 2.56 bits per heavy atom. The van der Waals surface area contributed by atoms with Crippen LogP contribution in [0.2, 0.25) is 0 Å². The molecular weight excluding hydrogens is 132 g/mol. The molecule has 0 bridgehead atoms. The average molecular weight is 138 g/mol. The van der Waals surface area contributed by atoms with E-state index in [0.717, 1.165) is 10.5 Å². The first kappa shape index (κ1) is 4.99. The Labute approximate surface area is 56.5 Å². The number of aromatic nitrogens is 2. The van der Waals surface area contributed by atoms with Gasteiger partial charge in [0.1, 0.15) is 4.83 Å². The third-order valence-corrected chi connectivity index (χ3v) is 2.18. The summed E-state index contributed by atoms with van der Waals surface area (Å²) in [7, 11) is 0. The molecule has 0 radical (unpaired) electrons. The largest absolute Gasteiger partial charge is 0.281 e. The minimum atomic E-state index is 1.10. The quantitative estimate of drug-likeness (QED) is 0.592. The number of aromatic amines is 1. The molecule has 9 heavy (non-hydrogen) atoms. The molecular formula is C6H6N2S. The highest BCUT2D eigenvalue weighted by Gasteiger charge is 1.98. The molecule has 0 fully saturated rings. The predicted octanol–water partition coefficient (Wildman–Crippen LogP) is 1.93. The molecule has 0 amide bonds. The molecule has 0 saturated carbocycles. The molecule has 2 aromatic rings. The second-order valence-corrected chi connectivity index (χ2v) is 2.88. The van der Waals surface area contributed by atoms with E-state index in [1.165, 1.54) is 5.39 Å². The van der Waals surface area contributed by atoms with E-state index in [4.69, 9.17) is 0 Å². The molecule has 2 heterocycles. The highest BCUT2D eigenvalue weighted by atomic mass is 32.1. The smallest absolute Gasteiger partial charge is 0.145 e. The van der Waals surface area contributed by atoms with E-state index in [1.807, 2.05) is 6.92 Å². The van der Waals surface area contributed by atoms with Crippen molar-refractivity contribution in [2.24, 2.45) is 0 Å². The number of aryl methyl sites for hydroxylation is 1. The van der Waals surface area contributed by atoms with Crippen LogP contribution in [0.25, 0.3) is 10.2 Å². The van der Waals surface area contributed by atoms with Crippen LogP contribution in [-0.2, 0) is 0 Å². The van der Waals surface area contributed by atoms with Gasteiger partial charge in [0.15, 0.2) is 0 Å². The van der Waals surface area contributed by atoms with E-state index >= 15 is 0 Å². The number of H-pyrrole nitrogens is 1. The van der Waals surface area contributed by atoms with Crippen LogP contribution in [0.5, 0.6) is 0 Å². The summed E-state index contributed by atoms with van der Waals surface area (Å²) < 4.78 is 0. The Hall–Kier alpha value is -0.830. The second kappa shape index (κ2) is 1.57. The predicted molar refractivity (Wildman–Crippen MR) is 38.7 cm³/mol. The maximum Gasteiger partial charge on any atom is 0.145 e. The molecule has 2 nitrogen and oxygen atoms in total. The van der Waals surface area contributed by atoms with Crippen molar-refractivity contribution in [1.82, 2.24) is 10.2 Å². The van der Waals surface area contributed by atoms with Crippen LogP contribution < -0.4 is 0 Å². The summed E-state index contributed by atoms with van der Waals surface area (Å²) in [5.41, 5.74) is 1.16. The average Bonchev–Trinajstić information content (AvgIpc) is 2.35. The van der Waals surface area contributed by atoms with Crippen LogP contribution in [0, 0.1) is 6.92 Å².